The summed E-state index contributed by atoms with van der Waals surface area (Å²) in [5.74, 6) is 0. The van der Waals surface area contributed by atoms with Crippen LogP contribution in [0.25, 0.3) is 17.2 Å². The minimum absolute atomic E-state index is 0.639. The van der Waals surface area contributed by atoms with Gasteiger partial charge < -0.3 is 0 Å². The fraction of sp³-hybridized carbons (Fsp3) is 0.0400. The summed E-state index contributed by atoms with van der Waals surface area (Å²) in [5.41, 5.74) is 5.38. The van der Waals surface area contributed by atoms with Gasteiger partial charge in [0.15, 0.2) is 0 Å². The lowest BCUT2D eigenvalue weighted by atomic mass is 9.98. The Morgan fingerprint density at radius 2 is 1.18 bits per heavy atom. The lowest BCUT2D eigenvalue weighted by Crippen LogP contribution is -2.04. The number of hydrogen-bond donors (Lipinski definition) is 0. The largest absolute Gasteiger partial charge is 0.416 e. The number of hydrogen-bond acceptors (Lipinski definition) is 0. The third kappa shape index (κ3) is 3.84. The van der Waals surface area contributed by atoms with E-state index in [1.54, 1.807) is 0 Å². The molecule has 0 bridgehead atoms. The highest BCUT2D eigenvalue weighted by Crippen LogP contribution is 2.37. The van der Waals surface area contributed by atoms with E-state index in [0.717, 1.165) is 45.5 Å². The third-order valence-electron chi connectivity index (χ3n) is 4.67. The molecule has 0 nitrogen and oxygen atoms in total. The van der Waals surface area contributed by atoms with Crippen molar-refractivity contribution in [2.75, 3.05) is 0 Å². The molecule has 0 aromatic heterocycles. The Hall–Kier alpha value is -3.33. The molecule has 0 unspecified atom stereocenters. The van der Waals surface area contributed by atoms with Crippen LogP contribution < -0.4 is 0 Å². The molecule has 0 amide bonds. The zero-order valence-corrected chi connectivity index (χ0v) is 14.9. The average Bonchev–Trinajstić information content (AvgIpc) is 3.13. The summed E-state index contributed by atoms with van der Waals surface area (Å²) >= 11 is 0. The monoisotopic (exact) mass is 374 g/mol. The molecule has 3 aromatic carbocycles. The zero-order valence-electron chi connectivity index (χ0n) is 14.9. The molecule has 0 radical (unpaired) electrons. The Labute approximate surface area is 162 Å². The first-order chi connectivity index (χ1) is 13.5. The maximum atomic E-state index is 12.8. The molecular weight excluding hydrogens is 357 g/mol. The van der Waals surface area contributed by atoms with E-state index >= 15 is 0 Å². The van der Waals surface area contributed by atoms with Gasteiger partial charge in [0.1, 0.15) is 0 Å². The van der Waals surface area contributed by atoms with Gasteiger partial charge in [0.2, 0.25) is 0 Å². The van der Waals surface area contributed by atoms with Crippen molar-refractivity contribution in [1.82, 2.24) is 0 Å². The molecule has 4 rings (SSSR count). The summed E-state index contributed by atoms with van der Waals surface area (Å²) in [7, 11) is 0. The van der Waals surface area contributed by atoms with Crippen LogP contribution in [-0.2, 0) is 6.18 Å². The lowest BCUT2D eigenvalue weighted by Gasteiger charge is -2.08. The first-order valence-electron chi connectivity index (χ1n) is 8.94. The van der Waals surface area contributed by atoms with Crippen LogP contribution in [0.15, 0.2) is 103 Å². The van der Waals surface area contributed by atoms with Crippen LogP contribution in [0, 0.1) is 0 Å². The van der Waals surface area contributed by atoms with Gasteiger partial charge in [-0.3, -0.25) is 0 Å². The molecule has 0 aliphatic heterocycles. The van der Waals surface area contributed by atoms with Gasteiger partial charge in [-0.15, -0.1) is 0 Å². The van der Waals surface area contributed by atoms with Gasteiger partial charge in [-0.1, -0.05) is 72.8 Å². The van der Waals surface area contributed by atoms with Crippen LogP contribution in [0.4, 0.5) is 13.2 Å². The predicted octanol–water partition coefficient (Wildman–Crippen LogP) is 7.27. The van der Waals surface area contributed by atoms with Gasteiger partial charge in [0, 0.05) is 0 Å². The Bertz CT molecular complexity index is 1050. The van der Waals surface area contributed by atoms with Gasteiger partial charge in [-0.25, -0.2) is 0 Å². The molecule has 0 saturated carbocycles. The minimum Gasteiger partial charge on any atom is -0.166 e. The summed E-state index contributed by atoms with van der Waals surface area (Å²) < 4.78 is 38.4. The lowest BCUT2D eigenvalue weighted by molar-refractivity contribution is -0.137. The summed E-state index contributed by atoms with van der Waals surface area (Å²) in [4.78, 5) is 0. The molecule has 0 spiro atoms. The molecule has 3 heteroatoms. The van der Waals surface area contributed by atoms with Crippen molar-refractivity contribution >= 4 is 17.2 Å². The van der Waals surface area contributed by atoms with Crippen LogP contribution in [0.3, 0.4) is 0 Å². The minimum atomic E-state index is -4.32. The van der Waals surface area contributed by atoms with Gasteiger partial charge in [0.25, 0.3) is 0 Å². The van der Waals surface area contributed by atoms with Crippen molar-refractivity contribution in [1.29, 1.82) is 0 Å². The summed E-state index contributed by atoms with van der Waals surface area (Å²) in [6.07, 6.45) is 1.80. The van der Waals surface area contributed by atoms with E-state index in [9.17, 15) is 13.2 Å². The number of alkyl halides is 3. The fourth-order valence-corrected chi connectivity index (χ4v) is 3.26. The Kier molecular flexibility index (Phi) is 4.74. The van der Waals surface area contributed by atoms with Gasteiger partial charge in [-0.05, 0) is 63.8 Å². The average molecular weight is 374 g/mol. The second-order valence-corrected chi connectivity index (χ2v) is 6.61. The molecule has 0 heterocycles. The Balaban J connectivity index is 1.75. The summed E-state index contributed by atoms with van der Waals surface area (Å²) in [6, 6.07) is 25.3. The molecule has 3 aromatic rings. The van der Waals surface area contributed by atoms with E-state index in [2.05, 4.69) is 12.2 Å². The third-order valence-corrected chi connectivity index (χ3v) is 4.67. The quantitative estimate of drug-likeness (QED) is 0.452. The fourth-order valence-electron chi connectivity index (χ4n) is 3.26. The highest BCUT2D eigenvalue weighted by molar-refractivity contribution is 6.02. The first-order valence-corrected chi connectivity index (χ1v) is 8.94. The van der Waals surface area contributed by atoms with Crippen molar-refractivity contribution in [3.05, 3.63) is 125 Å². The van der Waals surface area contributed by atoms with Crippen molar-refractivity contribution < 1.29 is 13.2 Å². The van der Waals surface area contributed by atoms with Crippen molar-refractivity contribution in [3.63, 3.8) is 0 Å². The van der Waals surface area contributed by atoms with Gasteiger partial charge in [-0.2, -0.15) is 13.2 Å². The van der Waals surface area contributed by atoms with E-state index in [1.807, 2.05) is 66.7 Å². The highest BCUT2D eigenvalue weighted by Gasteiger charge is 2.29. The van der Waals surface area contributed by atoms with Crippen molar-refractivity contribution in [3.8, 4) is 0 Å². The van der Waals surface area contributed by atoms with Crippen LogP contribution in [0.1, 0.15) is 22.3 Å². The second-order valence-electron chi connectivity index (χ2n) is 6.61. The normalized spacial score (nSPS) is 15.5. The maximum Gasteiger partial charge on any atom is 0.416 e. The number of halogens is 3. The zero-order chi connectivity index (χ0) is 19.6. The van der Waals surface area contributed by atoms with Gasteiger partial charge >= 0.3 is 6.18 Å². The number of rotatable bonds is 3. The van der Waals surface area contributed by atoms with Crippen LogP contribution >= 0.6 is 0 Å². The first kappa shape index (κ1) is 18.1. The Morgan fingerprint density at radius 1 is 0.607 bits per heavy atom. The van der Waals surface area contributed by atoms with Crippen molar-refractivity contribution in [2.45, 2.75) is 6.18 Å². The molecule has 0 atom stereocenters. The standard InChI is InChI=1S/C25H17F3/c26-25(27,28)23-13-11-18(12-14-23)15-22-16-21(19-7-3-1-4-8-19)17-24(22)20-9-5-2-6-10-20/h1-17H/b22-15+. The van der Waals surface area contributed by atoms with E-state index in [-0.39, 0.29) is 0 Å². The van der Waals surface area contributed by atoms with E-state index in [4.69, 9.17) is 0 Å². The topological polar surface area (TPSA) is 0 Å². The summed E-state index contributed by atoms with van der Waals surface area (Å²) in [5, 5.41) is 0. The van der Waals surface area contributed by atoms with E-state index in [1.165, 1.54) is 12.1 Å². The molecular formula is C25H17F3. The molecule has 138 valence electrons. The molecule has 0 N–H and O–H groups in total. The molecule has 0 fully saturated rings. The molecule has 0 saturated heterocycles. The molecule has 1 aliphatic rings. The van der Waals surface area contributed by atoms with E-state index in [0.29, 0.717) is 0 Å². The van der Waals surface area contributed by atoms with Crippen molar-refractivity contribution in [2.24, 2.45) is 0 Å². The summed E-state index contributed by atoms with van der Waals surface area (Å²) in [6.45, 7) is 0. The number of allylic oxidation sites excluding steroid dienone is 5. The Morgan fingerprint density at radius 3 is 1.75 bits per heavy atom. The molecule has 28 heavy (non-hydrogen) atoms. The smallest absolute Gasteiger partial charge is 0.166 e. The maximum absolute atomic E-state index is 12.8. The second kappa shape index (κ2) is 7.35. The molecule has 1 aliphatic carbocycles. The number of benzene rings is 3. The van der Waals surface area contributed by atoms with Crippen LogP contribution in [-0.4, -0.2) is 0 Å². The van der Waals surface area contributed by atoms with Crippen LogP contribution in [0.5, 0.6) is 0 Å². The highest BCUT2D eigenvalue weighted by atomic mass is 19.4. The van der Waals surface area contributed by atoms with Gasteiger partial charge in [0.05, 0.1) is 5.56 Å². The SMILES string of the molecule is FC(F)(F)c1ccc(/C=C2\C=C(c3ccccc3)C=C2c2ccccc2)cc1. The predicted molar refractivity (Wildman–Crippen MR) is 108 cm³/mol. The van der Waals surface area contributed by atoms with E-state index < -0.39 is 11.7 Å². The van der Waals surface area contributed by atoms with Crippen LogP contribution in [0.2, 0.25) is 0 Å².